The van der Waals surface area contributed by atoms with Crippen LogP contribution in [0.2, 0.25) is 5.32 Å². The second kappa shape index (κ2) is 4.77. The summed E-state index contributed by atoms with van der Waals surface area (Å²) in [6.45, 7) is 3.32. The summed E-state index contributed by atoms with van der Waals surface area (Å²) in [4.78, 5) is 11.7. The number of pyridine rings is 1. The first kappa shape index (κ1) is 10.7. The van der Waals surface area contributed by atoms with Gasteiger partial charge < -0.3 is 0 Å². The second-order valence-corrected chi connectivity index (χ2v) is 5.62. The number of carbonyl (C=O) groups excluding carboxylic acids is 1. The summed E-state index contributed by atoms with van der Waals surface area (Å²) in [5.41, 5.74) is 0.763. The van der Waals surface area contributed by atoms with Crippen LogP contribution in [0.15, 0.2) is 18.3 Å². The van der Waals surface area contributed by atoms with Gasteiger partial charge in [0.05, 0.1) is 0 Å². The van der Waals surface area contributed by atoms with E-state index < -0.39 is 0 Å². The Morgan fingerprint density at radius 2 is 2.53 bits per heavy atom. The molecule has 0 unspecified atom stereocenters. The van der Waals surface area contributed by atoms with Gasteiger partial charge in [-0.15, -0.1) is 0 Å². The van der Waals surface area contributed by atoms with Crippen molar-refractivity contribution in [3.05, 3.63) is 23.9 Å². The fraction of sp³-hybridized carbons (Fsp3) is 0.455. The summed E-state index contributed by atoms with van der Waals surface area (Å²) < 4.78 is 8.43. The van der Waals surface area contributed by atoms with Crippen molar-refractivity contribution in [3.8, 4) is 0 Å². The van der Waals surface area contributed by atoms with Crippen LogP contribution in [-0.2, 0) is 11.3 Å². The topological polar surface area (TPSA) is 30.2 Å². The molecule has 15 heavy (non-hydrogen) atoms. The van der Waals surface area contributed by atoms with Crippen LogP contribution in [0.4, 0.5) is 0 Å². The molecular formula is C11H14NO2Se+. The molecule has 0 radical (unpaired) electrons. The van der Waals surface area contributed by atoms with Gasteiger partial charge in [-0.05, 0) is 0 Å². The molecule has 1 aliphatic rings. The molecule has 2 rings (SSSR count). The SMILES string of the molecule is CCOC(=O)c1ccc[n+]2c1[Se]CCC2. The van der Waals surface area contributed by atoms with Gasteiger partial charge in [-0.25, -0.2) is 0 Å². The number of hydrogen-bond acceptors (Lipinski definition) is 2. The first-order valence-corrected chi connectivity index (χ1v) is 7.22. The fourth-order valence-electron chi connectivity index (χ4n) is 1.64. The normalized spacial score (nSPS) is 14.5. The summed E-state index contributed by atoms with van der Waals surface area (Å²) in [6.07, 6.45) is 3.28. The van der Waals surface area contributed by atoms with Gasteiger partial charge in [0, 0.05) is 0 Å². The van der Waals surface area contributed by atoms with Crippen LogP contribution in [0.25, 0.3) is 0 Å². The van der Waals surface area contributed by atoms with Crippen LogP contribution in [0.5, 0.6) is 0 Å². The Hall–Kier alpha value is -0.861. The van der Waals surface area contributed by atoms with Crippen molar-refractivity contribution in [2.24, 2.45) is 0 Å². The summed E-state index contributed by atoms with van der Waals surface area (Å²) in [7, 11) is 0. The third-order valence-corrected chi connectivity index (χ3v) is 4.86. The molecule has 1 aromatic rings. The molecule has 2 heterocycles. The van der Waals surface area contributed by atoms with Crippen LogP contribution in [0, 0.1) is 0 Å². The zero-order valence-corrected chi connectivity index (χ0v) is 10.4. The molecule has 1 aromatic heterocycles. The number of fused-ring (bicyclic) bond motifs is 1. The number of nitrogens with zero attached hydrogens (tertiary/aromatic N) is 1. The summed E-state index contributed by atoms with van der Waals surface area (Å²) >= 11 is 0.418. The van der Waals surface area contributed by atoms with E-state index in [0.717, 1.165) is 12.1 Å². The average Bonchev–Trinajstić information content (AvgIpc) is 2.28. The van der Waals surface area contributed by atoms with Gasteiger partial charge in [-0.1, -0.05) is 0 Å². The van der Waals surface area contributed by atoms with Gasteiger partial charge in [0.25, 0.3) is 0 Å². The fourth-order valence-corrected chi connectivity index (χ4v) is 3.93. The van der Waals surface area contributed by atoms with E-state index in [2.05, 4.69) is 10.8 Å². The van der Waals surface area contributed by atoms with Crippen molar-refractivity contribution < 1.29 is 14.1 Å². The van der Waals surface area contributed by atoms with E-state index in [-0.39, 0.29) is 5.97 Å². The Bertz CT molecular complexity index is 379. The van der Waals surface area contributed by atoms with Crippen molar-refractivity contribution in [3.63, 3.8) is 0 Å². The molecule has 0 fully saturated rings. The quantitative estimate of drug-likeness (QED) is 0.440. The van der Waals surface area contributed by atoms with E-state index >= 15 is 0 Å². The molecule has 3 nitrogen and oxygen atoms in total. The van der Waals surface area contributed by atoms with Crippen LogP contribution in [0.1, 0.15) is 23.7 Å². The minimum atomic E-state index is -0.175. The molecule has 0 saturated heterocycles. The van der Waals surface area contributed by atoms with Gasteiger partial charge in [0.15, 0.2) is 0 Å². The maximum atomic E-state index is 11.7. The summed E-state index contributed by atoms with van der Waals surface area (Å²) in [5, 5.41) is 1.23. The van der Waals surface area contributed by atoms with Crippen molar-refractivity contribution in [1.82, 2.24) is 0 Å². The van der Waals surface area contributed by atoms with E-state index in [9.17, 15) is 4.79 Å². The number of carbonyl (C=O) groups is 1. The molecule has 0 aliphatic carbocycles. The third-order valence-electron chi connectivity index (χ3n) is 2.30. The standard InChI is InChI=1S/C11H14NO2Se/c1-2-14-11(13)9-5-3-6-12-7-4-8-15-10(9)12/h3,5-6H,2,4,7-8H2,1H3/q+1. The van der Waals surface area contributed by atoms with E-state index in [1.807, 2.05) is 19.1 Å². The van der Waals surface area contributed by atoms with Gasteiger partial charge in [-0.3, -0.25) is 0 Å². The first-order chi connectivity index (χ1) is 7.33. The van der Waals surface area contributed by atoms with Crippen molar-refractivity contribution in [2.75, 3.05) is 6.61 Å². The number of ether oxygens (including phenoxy) is 1. The maximum absolute atomic E-state index is 11.7. The molecule has 0 N–H and O–H groups in total. The first-order valence-electron chi connectivity index (χ1n) is 5.15. The predicted molar refractivity (Wildman–Crippen MR) is 57.4 cm³/mol. The van der Waals surface area contributed by atoms with Crippen LogP contribution >= 0.6 is 0 Å². The number of rotatable bonds is 2. The van der Waals surface area contributed by atoms with Crippen molar-refractivity contribution >= 4 is 25.5 Å². The average molecular weight is 271 g/mol. The number of esters is 1. The second-order valence-electron chi connectivity index (χ2n) is 3.34. The monoisotopic (exact) mass is 272 g/mol. The molecule has 0 aromatic carbocycles. The molecule has 4 heteroatoms. The van der Waals surface area contributed by atoms with Gasteiger partial charge >= 0.3 is 95.3 Å². The minimum absolute atomic E-state index is 0.175. The molecule has 0 spiro atoms. The molecule has 0 bridgehead atoms. The molecule has 0 amide bonds. The molecule has 1 aliphatic heterocycles. The number of aryl methyl sites for hydroxylation is 1. The Labute approximate surface area is 95.6 Å². The van der Waals surface area contributed by atoms with Gasteiger partial charge in [0.1, 0.15) is 0 Å². The Balaban J connectivity index is 2.34. The molecule has 0 atom stereocenters. The number of hydrogen-bond donors (Lipinski definition) is 0. The zero-order chi connectivity index (χ0) is 10.7. The molecule has 0 saturated carbocycles. The van der Waals surface area contributed by atoms with Gasteiger partial charge in [-0.2, -0.15) is 0 Å². The number of aromatic nitrogens is 1. The Morgan fingerprint density at radius 1 is 1.67 bits per heavy atom. The Morgan fingerprint density at radius 3 is 3.33 bits per heavy atom. The summed E-state index contributed by atoms with van der Waals surface area (Å²) in [6, 6.07) is 3.80. The zero-order valence-electron chi connectivity index (χ0n) is 8.73. The van der Waals surface area contributed by atoms with Crippen molar-refractivity contribution in [1.29, 1.82) is 0 Å². The van der Waals surface area contributed by atoms with E-state index in [1.54, 1.807) is 0 Å². The van der Waals surface area contributed by atoms with Crippen LogP contribution in [-0.4, -0.2) is 27.5 Å². The molecular weight excluding hydrogens is 257 g/mol. The predicted octanol–water partition coefficient (Wildman–Crippen LogP) is 0.302. The Kier molecular flexibility index (Phi) is 3.39. The van der Waals surface area contributed by atoms with Crippen LogP contribution in [0.3, 0.4) is 0 Å². The molecule has 80 valence electrons. The van der Waals surface area contributed by atoms with Crippen LogP contribution < -0.4 is 9.16 Å². The van der Waals surface area contributed by atoms with E-state index in [1.165, 1.54) is 16.3 Å². The van der Waals surface area contributed by atoms with E-state index in [4.69, 9.17) is 4.74 Å². The third kappa shape index (κ3) is 2.21. The summed E-state index contributed by atoms with van der Waals surface area (Å²) in [5.74, 6) is -0.175. The van der Waals surface area contributed by atoms with Gasteiger partial charge in [0.2, 0.25) is 0 Å². The van der Waals surface area contributed by atoms with E-state index in [0.29, 0.717) is 21.6 Å². The van der Waals surface area contributed by atoms with Crippen molar-refractivity contribution in [2.45, 2.75) is 25.2 Å².